The van der Waals surface area contributed by atoms with Crippen molar-refractivity contribution in [1.29, 1.82) is 0 Å². The minimum absolute atomic E-state index is 0.0837. The predicted molar refractivity (Wildman–Crippen MR) is 127 cm³/mol. The molecule has 1 amide bonds. The molecular formula is C24H27N3O5S. The summed E-state index contributed by atoms with van der Waals surface area (Å²) >= 11 is 1.18. The van der Waals surface area contributed by atoms with E-state index in [0.29, 0.717) is 34.2 Å². The number of hydrogen-bond acceptors (Lipinski definition) is 8. The topological polar surface area (TPSA) is 104 Å². The summed E-state index contributed by atoms with van der Waals surface area (Å²) in [5.41, 5.74) is 1.35. The molecule has 0 fully saturated rings. The summed E-state index contributed by atoms with van der Waals surface area (Å²) in [6.07, 6.45) is 0. The van der Waals surface area contributed by atoms with Crippen LogP contribution in [0.2, 0.25) is 0 Å². The first kappa shape index (κ1) is 24.3. The fourth-order valence-electron chi connectivity index (χ4n) is 2.82. The van der Waals surface area contributed by atoms with E-state index in [-0.39, 0.29) is 16.9 Å². The van der Waals surface area contributed by atoms with E-state index in [2.05, 4.69) is 15.5 Å². The van der Waals surface area contributed by atoms with Crippen LogP contribution in [0.1, 0.15) is 38.1 Å². The molecule has 0 aliphatic rings. The summed E-state index contributed by atoms with van der Waals surface area (Å²) in [5.74, 6) is 1.29. The Morgan fingerprint density at radius 1 is 1.00 bits per heavy atom. The number of nitrogens with zero attached hydrogens (tertiary/aromatic N) is 2. The van der Waals surface area contributed by atoms with Gasteiger partial charge in [0.15, 0.2) is 17.3 Å². The molecule has 0 saturated carbocycles. The summed E-state index contributed by atoms with van der Waals surface area (Å²) in [5, 5.41) is 10.8. The summed E-state index contributed by atoms with van der Waals surface area (Å²) in [6.45, 7) is 7.30. The van der Waals surface area contributed by atoms with E-state index in [4.69, 9.17) is 13.9 Å². The Labute approximate surface area is 197 Å². The van der Waals surface area contributed by atoms with Gasteiger partial charge < -0.3 is 19.2 Å². The summed E-state index contributed by atoms with van der Waals surface area (Å²) in [7, 11) is 3.11. The van der Waals surface area contributed by atoms with E-state index in [1.165, 1.54) is 11.8 Å². The zero-order valence-corrected chi connectivity index (χ0v) is 20.3. The summed E-state index contributed by atoms with van der Waals surface area (Å²) in [6, 6.07) is 12.1. The molecule has 2 aromatic carbocycles. The Morgan fingerprint density at radius 3 is 2.27 bits per heavy atom. The zero-order chi connectivity index (χ0) is 24.2. The van der Waals surface area contributed by atoms with Crippen LogP contribution in [0.25, 0.3) is 11.5 Å². The second kappa shape index (κ2) is 10.1. The molecule has 0 saturated heterocycles. The highest BCUT2D eigenvalue weighted by atomic mass is 32.2. The quantitative estimate of drug-likeness (QED) is 0.359. The maximum Gasteiger partial charge on any atom is 0.277 e. The van der Waals surface area contributed by atoms with Gasteiger partial charge in [0.2, 0.25) is 11.8 Å². The highest BCUT2D eigenvalue weighted by Gasteiger charge is 2.23. The number of rotatable bonds is 8. The summed E-state index contributed by atoms with van der Waals surface area (Å²) < 4.78 is 16.3. The van der Waals surface area contributed by atoms with Gasteiger partial charge in [-0.1, -0.05) is 32.5 Å². The van der Waals surface area contributed by atoms with E-state index in [9.17, 15) is 9.59 Å². The number of ether oxygens (including phenoxy) is 2. The number of carbonyl (C=O) groups is 2. The van der Waals surface area contributed by atoms with Crippen LogP contribution in [0.4, 0.5) is 5.69 Å². The number of benzene rings is 2. The Hall–Kier alpha value is -3.33. The number of methoxy groups -OCH3 is 2. The van der Waals surface area contributed by atoms with Crippen molar-refractivity contribution < 1.29 is 23.5 Å². The molecule has 3 aromatic rings. The van der Waals surface area contributed by atoms with Crippen LogP contribution in [0.5, 0.6) is 11.5 Å². The lowest BCUT2D eigenvalue weighted by atomic mass is 9.95. The number of carbonyl (C=O) groups excluding carboxylic acids is 2. The third-order valence-electron chi connectivity index (χ3n) is 4.79. The second-order valence-corrected chi connectivity index (χ2v) is 9.64. The molecule has 0 aliphatic heterocycles. The predicted octanol–water partition coefficient (Wildman–Crippen LogP) is 5.10. The molecule has 33 heavy (non-hydrogen) atoms. The van der Waals surface area contributed by atoms with Crippen LogP contribution in [0.3, 0.4) is 0 Å². The van der Waals surface area contributed by atoms with E-state index in [1.54, 1.807) is 63.6 Å². The number of thioether (sulfide) groups is 1. The lowest BCUT2D eigenvalue weighted by molar-refractivity contribution is -0.123. The van der Waals surface area contributed by atoms with Crippen LogP contribution >= 0.6 is 11.8 Å². The number of nitrogens with one attached hydrogen (secondary N) is 1. The maximum atomic E-state index is 12.8. The van der Waals surface area contributed by atoms with E-state index < -0.39 is 10.7 Å². The van der Waals surface area contributed by atoms with Crippen LogP contribution in [-0.2, 0) is 4.79 Å². The van der Waals surface area contributed by atoms with Gasteiger partial charge in [0, 0.05) is 22.2 Å². The number of hydrogen-bond donors (Lipinski definition) is 1. The number of Topliss-reactive ketones (excluding diaryl/α,β-unsaturated/α-hetero) is 1. The molecule has 1 heterocycles. The van der Waals surface area contributed by atoms with E-state index in [1.807, 2.05) is 20.8 Å². The average molecular weight is 470 g/mol. The molecule has 1 atom stereocenters. The third-order valence-corrected chi connectivity index (χ3v) is 5.73. The van der Waals surface area contributed by atoms with Crippen molar-refractivity contribution in [3.63, 3.8) is 0 Å². The number of amides is 1. The minimum Gasteiger partial charge on any atom is -0.493 e. The number of aromatic nitrogens is 2. The Balaban J connectivity index is 1.66. The normalized spacial score (nSPS) is 12.2. The van der Waals surface area contributed by atoms with Gasteiger partial charge >= 0.3 is 0 Å². The smallest absolute Gasteiger partial charge is 0.277 e. The van der Waals surface area contributed by atoms with Gasteiger partial charge in [-0.3, -0.25) is 9.59 Å². The molecular weight excluding hydrogens is 442 g/mol. The van der Waals surface area contributed by atoms with Crippen molar-refractivity contribution in [1.82, 2.24) is 10.2 Å². The first-order valence-electron chi connectivity index (χ1n) is 10.3. The van der Waals surface area contributed by atoms with Gasteiger partial charge in [0.05, 0.1) is 19.5 Å². The minimum atomic E-state index is -0.500. The van der Waals surface area contributed by atoms with Gasteiger partial charge in [-0.2, -0.15) is 0 Å². The number of anilines is 1. The molecule has 3 rings (SSSR count). The monoisotopic (exact) mass is 469 g/mol. The van der Waals surface area contributed by atoms with Gasteiger partial charge in [-0.25, -0.2) is 0 Å². The Kier molecular flexibility index (Phi) is 7.43. The molecule has 1 unspecified atom stereocenters. The fourth-order valence-corrected chi connectivity index (χ4v) is 3.58. The standard InChI is InChI=1S/C24H27N3O5S/c1-14(20(28)15-7-10-17(11-8-15)25-22(29)24(2,3)4)33-23-27-26-21(32-23)16-9-12-18(30-5)19(13-16)31-6/h7-14H,1-6H3,(H,25,29). The first-order valence-corrected chi connectivity index (χ1v) is 11.2. The second-order valence-electron chi connectivity index (χ2n) is 8.35. The molecule has 1 N–H and O–H groups in total. The van der Waals surface area contributed by atoms with Gasteiger partial charge in [-0.05, 0) is 49.4 Å². The van der Waals surface area contributed by atoms with Crippen LogP contribution in [-0.4, -0.2) is 41.4 Å². The van der Waals surface area contributed by atoms with Gasteiger partial charge in [0.25, 0.3) is 5.22 Å². The van der Waals surface area contributed by atoms with Crippen molar-refractivity contribution in [2.45, 2.75) is 38.2 Å². The molecule has 9 heteroatoms. The van der Waals surface area contributed by atoms with Gasteiger partial charge in [0.1, 0.15) is 0 Å². The molecule has 0 spiro atoms. The van der Waals surface area contributed by atoms with E-state index in [0.717, 1.165) is 0 Å². The van der Waals surface area contributed by atoms with E-state index >= 15 is 0 Å². The third kappa shape index (κ3) is 5.92. The number of ketones is 1. The molecule has 1 aromatic heterocycles. The lowest BCUT2D eigenvalue weighted by Gasteiger charge is -2.17. The average Bonchev–Trinajstić information content (AvgIpc) is 3.26. The largest absolute Gasteiger partial charge is 0.493 e. The lowest BCUT2D eigenvalue weighted by Crippen LogP contribution is -2.27. The highest BCUT2D eigenvalue weighted by molar-refractivity contribution is 8.00. The van der Waals surface area contributed by atoms with Crippen molar-refractivity contribution >= 4 is 29.1 Å². The van der Waals surface area contributed by atoms with Crippen molar-refractivity contribution in [3.05, 3.63) is 48.0 Å². The van der Waals surface area contributed by atoms with Crippen LogP contribution in [0, 0.1) is 5.41 Å². The molecule has 0 bridgehead atoms. The SMILES string of the molecule is COc1ccc(-c2nnc(SC(C)C(=O)c3ccc(NC(=O)C(C)(C)C)cc3)o2)cc1OC. The van der Waals surface area contributed by atoms with Crippen molar-refractivity contribution in [2.24, 2.45) is 5.41 Å². The fraction of sp³-hybridized carbons (Fsp3) is 0.333. The maximum absolute atomic E-state index is 12.8. The van der Waals surface area contributed by atoms with Gasteiger partial charge in [-0.15, -0.1) is 10.2 Å². The first-order chi connectivity index (χ1) is 15.6. The van der Waals surface area contributed by atoms with Crippen LogP contribution < -0.4 is 14.8 Å². The zero-order valence-electron chi connectivity index (χ0n) is 19.5. The van der Waals surface area contributed by atoms with Crippen molar-refractivity contribution in [3.8, 4) is 23.0 Å². The van der Waals surface area contributed by atoms with Crippen molar-refractivity contribution in [2.75, 3.05) is 19.5 Å². The Bertz CT molecular complexity index is 1140. The Morgan fingerprint density at radius 2 is 1.67 bits per heavy atom. The highest BCUT2D eigenvalue weighted by Crippen LogP contribution is 2.33. The molecule has 0 aliphatic carbocycles. The molecule has 8 nitrogen and oxygen atoms in total. The summed E-state index contributed by atoms with van der Waals surface area (Å²) in [4.78, 5) is 25.0. The molecule has 174 valence electrons. The van der Waals surface area contributed by atoms with Crippen LogP contribution in [0.15, 0.2) is 52.1 Å². The molecule has 0 radical (unpaired) electrons.